The lowest BCUT2D eigenvalue weighted by Gasteiger charge is -2.27. The van der Waals surface area contributed by atoms with E-state index < -0.39 is 41.5 Å². The maximum atomic E-state index is 14.1. The third-order valence-corrected chi connectivity index (χ3v) is 6.73. The Labute approximate surface area is 200 Å². The maximum absolute atomic E-state index is 14.1. The monoisotopic (exact) mass is 491 g/mol. The molecule has 2 aromatic rings. The zero-order valence-corrected chi connectivity index (χ0v) is 19.2. The standard InChI is InChI=1S/C23H27ClFN5O4/c24-14-5-6-15(25)19-13(14)10-18(28-19)23(34)30-17(8-11-3-4-11)22(33)29-16(20(26)31)9-12-2-1-7-27-21(12)32/h5-6,10-12,16-17,28H,1-4,7-9H2,(H2,26,31)(H,27,32)(H,29,33)(H,30,34)/t12-,16-,17-/m0/s1. The Balaban J connectivity index is 1.47. The third kappa shape index (κ3) is 5.49. The van der Waals surface area contributed by atoms with Crippen LogP contribution in [-0.2, 0) is 14.4 Å². The number of aromatic nitrogens is 1. The number of amides is 4. The molecular weight excluding hydrogens is 465 g/mol. The second-order valence-corrected chi connectivity index (χ2v) is 9.44. The average molecular weight is 492 g/mol. The first-order valence-corrected chi connectivity index (χ1v) is 11.8. The highest BCUT2D eigenvalue weighted by Crippen LogP contribution is 2.34. The molecule has 1 aliphatic carbocycles. The molecule has 1 saturated carbocycles. The van der Waals surface area contributed by atoms with Gasteiger partial charge in [-0.15, -0.1) is 0 Å². The third-order valence-electron chi connectivity index (χ3n) is 6.40. The van der Waals surface area contributed by atoms with Crippen molar-refractivity contribution in [2.45, 2.75) is 50.6 Å². The molecule has 6 N–H and O–H groups in total. The molecule has 9 nitrogen and oxygen atoms in total. The number of benzene rings is 1. The van der Waals surface area contributed by atoms with Crippen LogP contribution in [0.2, 0.25) is 5.02 Å². The van der Waals surface area contributed by atoms with Gasteiger partial charge in [-0.25, -0.2) is 4.39 Å². The van der Waals surface area contributed by atoms with Crippen molar-refractivity contribution in [1.82, 2.24) is 20.9 Å². The molecule has 1 saturated heterocycles. The normalized spacial score (nSPS) is 19.8. The van der Waals surface area contributed by atoms with Crippen molar-refractivity contribution >= 4 is 46.1 Å². The van der Waals surface area contributed by atoms with E-state index in [1.165, 1.54) is 18.2 Å². The molecule has 1 aliphatic heterocycles. The highest BCUT2D eigenvalue weighted by molar-refractivity contribution is 6.35. The minimum Gasteiger partial charge on any atom is -0.368 e. The van der Waals surface area contributed by atoms with Crippen LogP contribution in [0.15, 0.2) is 18.2 Å². The van der Waals surface area contributed by atoms with E-state index in [0.717, 1.165) is 19.3 Å². The molecule has 182 valence electrons. The molecule has 0 radical (unpaired) electrons. The number of primary amides is 1. The minimum absolute atomic E-state index is 0.0564. The van der Waals surface area contributed by atoms with E-state index in [-0.39, 0.29) is 34.5 Å². The zero-order valence-electron chi connectivity index (χ0n) is 18.5. The number of halogens is 2. The number of nitrogens with one attached hydrogen (secondary N) is 4. The maximum Gasteiger partial charge on any atom is 0.268 e. The molecule has 3 atom stereocenters. The van der Waals surface area contributed by atoms with Crippen molar-refractivity contribution in [3.8, 4) is 0 Å². The van der Waals surface area contributed by atoms with Crippen molar-refractivity contribution in [3.63, 3.8) is 0 Å². The summed E-state index contributed by atoms with van der Waals surface area (Å²) >= 11 is 6.10. The van der Waals surface area contributed by atoms with E-state index in [1.807, 2.05) is 0 Å². The van der Waals surface area contributed by atoms with Gasteiger partial charge in [0, 0.05) is 17.8 Å². The molecule has 2 aliphatic rings. The first-order chi connectivity index (χ1) is 16.2. The number of piperidine rings is 1. The van der Waals surface area contributed by atoms with Crippen molar-refractivity contribution in [3.05, 3.63) is 34.7 Å². The number of nitrogens with two attached hydrogens (primary N) is 1. The molecule has 4 rings (SSSR count). The van der Waals surface area contributed by atoms with Gasteiger partial charge in [0.2, 0.25) is 17.7 Å². The fraction of sp³-hybridized carbons (Fsp3) is 0.478. The lowest BCUT2D eigenvalue weighted by molar-refractivity contribution is -0.131. The topological polar surface area (TPSA) is 146 Å². The number of fused-ring (bicyclic) bond motifs is 1. The Hall–Kier alpha value is -3.14. The minimum atomic E-state index is -1.04. The SMILES string of the molecule is NC(=O)[C@H](C[C@@H]1CCCNC1=O)NC(=O)[C@H](CC1CC1)NC(=O)c1cc2c(Cl)ccc(F)c2[nH]1. The van der Waals surface area contributed by atoms with E-state index >= 15 is 0 Å². The predicted octanol–water partition coefficient (Wildman–Crippen LogP) is 1.75. The molecule has 0 unspecified atom stereocenters. The number of carbonyl (C=O) groups excluding carboxylic acids is 4. The van der Waals surface area contributed by atoms with E-state index in [2.05, 4.69) is 20.9 Å². The van der Waals surface area contributed by atoms with Crippen molar-refractivity contribution in [1.29, 1.82) is 0 Å². The van der Waals surface area contributed by atoms with Gasteiger partial charge in [-0.2, -0.15) is 0 Å². The van der Waals surface area contributed by atoms with E-state index in [0.29, 0.717) is 24.8 Å². The van der Waals surface area contributed by atoms with Crippen LogP contribution < -0.4 is 21.7 Å². The number of rotatable bonds is 9. The summed E-state index contributed by atoms with van der Waals surface area (Å²) < 4.78 is 14.1. The number of hydrogen-bond donors (Lipinski definition) is 5. The zero-order chi connectivity index (χ0) is 24.4. The van der Waals surface area contributed by atoms with Crippen LogP contribution in [0.1, 0.15) is 49.0 Å². The quantitative estimate of drug-likeness (QED) is 0.363. The molecule has 11 heteroatoms. The molecule has 34 heavy (non-hydrogen) atoms. The van der Waals surface area contributed by atoms with Crippen LogP contribution in [0, 0.1) is 17.7 Å². The van der Waals surface area contributed by atoms with Crippen LogP contribution >= 0.6 is 11.6 Å². The van der Waals surface area contributed by atoms with Crippen LogP contribution in [0.4, 0.5) is 4.39 Å². The van der Waals surface area contributed by atoms with Crippen molar-refractivity contribution < 1.29 is 23.6 Å². The van der Waals surface area contributed by atoms with Gasteiger partial charge in [-0.3, -0.25) is 19.2 Å². The number of aromatic amines is 1. The number of carbonyl (C=O) groups is 4. The first-order valence-electron chi connectivity index (χ1n) is 11.4. The van der Waals surface area contributed by atoms with Gasteiger partial charge >= 0.3 is 0 Å². The summed E-state index contributed by atoms with van der Waals surface area (Å²) in [5.41, 5.74) is 5.65. The Kier molecular flexibility index (Phi) is 7.06. The Morgan fingerprint density at radius 2 is 1.91 bits per heavy atom. The summed E-state index contributed by atoms with van der Waals surface area (Å²) in [4.78, 5) is 52.8. The highest BCUT2D eigenvalue weighted by atomic mass is 35.5. The predicted molar refractivity (Wildman–Crippen MR) is 123 cm³/mol. The molecular formula is C23H27ClFN5O4. The first kappa shape index (κ1) is 24.0. The van der Waals surface area contributed by atoms with Gasteiger partial charge in [-0.05, 0) is 49.8 Å². The summed E-state index contributed by atoms with van der Waals surface area (Å²) in [5.74, 6) is -2.77. The summed E-state index contributed by atoms with van der Waals surface area (Å²) in [7, 11) is 0. The van der Waals surface area contributed by atoms with Crippen molar-refractivity contribution in [2.75, 3.05) is 6.54 Å². The molecule has 0 bridgehead atoms. The Morgan fingerprint density at radius 3 is 2.56 bits per heavy atom. The van der Waals surface area contributed by atoms with E-state index in [1.54, 1.807) is 0 Å². The largest absolute Gasteiger partial charge is 0.368 e. The van der Waals surface area contributed by atoms with Crippen molar-refractivity contribution in [2.24, 2.45) is 17.6 Å². The Morgan fingerprint density at radius 1 is 1.15 bits per heavy atom. The molecule has 4 amide bonds. The second-order valence-electron chi connectivity index (χ2n) is 9.04. The highest BCUT2D eigenvalue weighted by Gasteiger charge is 2.34. The van der Waals surface area contributed by atoms with Crippen LogP contribution in [-0.4, -0.2) is 47.2 Å². The molecule has 2 fully saturated rings. The molecule has 0 spiro atoms. The molecule has 1 aromatic heterocycles. The van der Waals surface area contributed by atoms with Gasteiger partial charge < -0.3 is 26.7 Å². The van der Waals surface area contributed by atoms with Crippen LogP contribution in [0.3, 0.4) is 0 Å². The fourth-order valence-electron chi connectivity index (χ4n) is 4.29. The summed E-state index contributed by atoms with van der Waals surface area (Å²) in [6.07, 6.45) is 3.75. The lowest BCUT2D eigenvalue weighted by Crippen LogP contribution is -2.54. The van der Waals surface area contributed by atoms with Gasteiger partial charge in [-0.1, -0.05) is 24.4 Å². The number of H-pyrrole nitrogens is 1. The van der Waals surface area contributed by atoms with E-state index in [9.17, 15) is 23.6 Å². The van der Waals surface area contributed by atoms with Gasteiger partial charge in [0.25, 0.3) is 5.91 Å². The van der Waals surface area contributed by atoms with Gasteiger partial charge in [0.15, 0.2) is 0 Å². The van der Waals surface area contributed by atoms with Crippen LogP contribution in [0.5, 0.6) is 0 Å². The second kappa shape index (κ2) is 10.0. The summed E-state index contributed by atoms with van der Waals surface area (Å²) in [6.45, 7) is 0.585. The van der Waals surface area contributed by atoms with E-state index in [4.69, 9.17) is 17.3 Å². The van der Waals surface area contributed by atoms with Gasteiger partial charge in [0.05, 0.1) is 10.5 Å². The molecule has 1 aromatic carbocycles. The summed E-state index contributed by atoms with van der Waals surface area (Å²) in [5, 5.41) is 8.69. The smallest absolute Gasteiger partial charge is 0.268 e. The lowest BCUT2D eigenvalue weighted by atomic mass is 9.91. The Bertz CT molecular complexity index is 1090. The fourth-order valence-corrected chi connectivity index (χ4v) is 4.50. The summed E-state index contributed by atoms with van der Waals surface area (Å²) in [6, 6.07) is 2.06. The average Bonchev–Trinajstić information content (AvgIpc) is 3.49. The molecule has 2 heterocycles. The van der Waals surface area contributed by atoms with Crippen LogP contribution in [0.25, 0.3) is 10.9 Å². The number of hydrogen-bond acceptors (Lipinski definition) is 4. The van der Waals surface area contributed by atoms with Gasteiger partial charge in [0.1, 0.15) is 23.6 Å².